The molecule has 2 amide bonds. The van der Waals surface area contributed by atoms with Crippen molar-refractivity contribution in [3.05, 3.63) is 24.3 Å². The predicted molar refractivity (Wildman–Crippen MR) is 89.3 cm³/mol. The van der Waals surface area contributed by atoms with E-state index < -0.39 is 5.54 Å². The van der Waals surface area contributed by atoms with E-state index in [1.54, 1.807) is 31.3 Å². The van der Waals surface area contributed by atoms with Crippen LogP contribution in [0.25, 0.3) is 0 Å². The molecule has 0 aromatic heterocycles. The highest BCUT2D eigenvalue weighted by Gasteiger charge is 2.35. The fraction of sp³-hybridized carbons (Fsp3) is 0.529. The van der Waals surface area contributed by atoms with Gasteiger partial charge in [-0.3, -0.25) is 9.59 Å². The highest BCUT2D eigenvalue weighted by molar-refractivity contribution is 5.98. The van der Waals surface area contributed by atoms with Crippen LogP contribution in [0.5, 0.6) is 5.75 Å². The smallest absolute Gasteiger partial charge is 0.244 e. The molecule has 0 aliphatic heterocycles. The first kappa shape index (κ1) is 17.3. The molecule has 0 atom stereocenters. The minimum Gasteiger partial charge on any atom is -0.493 e. The van der Waals surface area contributed by atoms with Crippen LogP contribution >= 0.6 is 0 Å². The van der Waals surface area contributed by atoms with E-state index in [-0.39, 0.29) is 11.8 Å². The van der Waals surface area contributed by atoms with Gasteiger partial charge >= 0.3 is 0 Å². The van der Waals surface area contributed by atoms with Gasteiger partial charge in [0.25, 0.3) is 0 Å². The molecule has 6 nitrogen and oxygen atoms in total. The molecule has 0 heterocycles. The van der Waals surface area contributed by atoms with E-state index in [1.807, 2.05) is 0 Å². The Hall–Kier alpha value is -2.08. The number of ether oxygens (including phenoxy) is 1. The molecule has 0 spiro atoms. The van der Waals surface area contributed by atoms with Crippen molar-refractivity contribution < 1.29 is 14.3 Å². The quantitative estimate of drug-likeness (QED) is 0.745. The van der Waals surface area contributed by atoms with E-state index in [4.69, 9.17) is 10.5 Å². The number of carbonyl (C=O) groups is 2. The number of carbonyl (C=O) groups excluding carboxylic acids is 2. The first-order chi connectivity index (χ1) is 11.0. The van der Waals surface area contributed by atoms with Crippen molar-refractivity contribution in [2.75, 3.05) is 19.0 Å². The summed E-state index contributed by atoms with van der Waals surface area (Å²) in [5.74, 6) is 0.479. The molecule has 0 saturated heterocycles. The molecule has 1 saturated carbocycles. The summed E-state index contributed by atoms with van der Waals surface area (Å²) < 4.78 is 5.48. The standard InChI is InChI=1S/C17H25N3O3/c1-19-15(21)9-12-23-14-7-5-13(6-8-14)20-16(22)17(18)10-3-2-4-11-17/h5-8H,2-4,9-12,18H2,1H3,(H,19,21)(H,20,22). The topological polar surface area (TPSA) is 93.5 Å². The zero-order chi connectivity index (χ0) is 16.7. The number of hydrogen-bond acceptors (Lipinski definition) is 4. The van der Waals surface area contributed by atoms with Crippen LogP contribution in [0.4, 0.5) is 5.69 Å². The predicted octanol–water partition coefficient (Wildman–Crippen LogP) is 1.80. The van der Waals surface area contributed by atoms with Gasteiger partial charge in [-0.15, -0.1) is 0 Å². The SMILES string of the molecule is CNC(=O)CCOc1ccc(NC(=O)C2(N)CCCCC2)cc1. The number of hydrogen-bond donors (Lipinski definition) is 3. The average Bonchev–Trinajstić information content (AvgIpc) is 2.57. The van der Waals surface area contributed by atoms with Crippen LogP contribution < -0.4 is 21.1 Å². The van der Waals surface area contributed by atoms with Crippen LogP contribution in [-0.2, 0) is 9.59 Å². The second-order valence-corrected chi connectivity index (χ2v) is 5.97. The third-order valence-electron chi connectivity index (χ3n) is 4.19. The van der Waals surface area contributed by atoms with Crippen LogP contribution in [0.3, 0.4) is 0 Å². The maximum atomic E-state index is 12.3. The van der Waals surface area contributed by atoms with Crippen molar-refractivity contribution in [2.24, 2.45) is 5.73 Å². The van der Waals surface area contributed by atoms with Crippen molar-refractivity contribution in [3.63, 3.8) is 0 Å². The molecule has 0 unspecified atom stereocenters. The Labute approximate surface area is 136 Å². The van der Waals surface area contributed by atoms with Gasteiger partial charge in [0, 0.05) is 12.7 Å². The first-order valence-electron chi connectivity index (χ1n) is 8.07. The van der Waals surface area contributed by atoms with Crippen LogP contribution in [0.2, 0.25) is 0 Å². The lowest BCUT2D eigenvalue weighted by Gasteiger charge is -2.31. The third-order valence-corrected chi connectivity index (χ3v) is 4.19. The van der Waals surface area contributed by atoms with Crippen molar-refractivity contribution in [1.29, 1.82) is 0 Å². The lowest BCUT2D eigenvalue weighted by Crippen LogP contribution is -2.52. The van der Waals surface area contributed by atoms with E-state index in [2.05, 4.69) is 10.6 Å². The molecule has 23 heavy (non-hydrogen) atoms. The average molecular weight is 319 g/mol. The van der Waals surface area contributed by atoms with Crippen LogP contribution in [0.15, 0.2) is 24.3 Å². The molecule has 1 aromatic carbocycles. The monoisotopic (exact) mass is 319 g/mol. The Balaban J connectivity index is 1.84. The van der Waals surface area contributed by atoms with E-state index >= 15 is 0 Å². The van der Waals surface area contributed by atoms with E-state index in [1.165, 1.54) is 0 Å². The zero-order valence-electron chi connectivity index (χ0n) is 13.6. The summed E-state index contributed by atoms with van der Waals surface area (Å²) in [4.78, 5) is 23.4. The number of rotatable bonds is 6. The third kappa shape index (κ3) is 4.96. The lowest BCUT2D eigenvalue weighted by atomic mass is 9.82. The van der Waals surface area contributed by atoms with Crippen LogP contribution in [0.1, 0.15) is 38.5 Å². The van der Waals surface area contributed by atoms with Crippen LogP contribution in [-0.4, -0.2) is 31.0 Å². The zero-order valence-corrected chi connectivity index (χ0v) is 13.6. The Morgan fingerprint density at radius 1 is 1.17 bits per heavy atom. The number of nitrogens with two attached hydrogens (primary N) is 1. The van der Waals surface area contributed by atoms with Crippen LogP contribution in [0, 0.1) is 0 Å². The first-order valence-corrected chi connectivity index (χ1v) is 8.07. The lowest BCUT2D eigenvalue weighted by molar-refractivity contribution is -0.122. The van der Waals surface area contributed by atoms with Crippen molar-refractivity contribution in [3.8, 4) is 5.75 Å². The summed E-state index contributed by atoms with van der Waals surface area (Å²) in [6.07, 6.45) is 4.93. The summed E-state index contributed by atoms with van der Waals surface area (Å²) in [6.45, 7) is 0.317. The fourth-order valence-corrected chi connectivity index (χ4v) is 2.69. The minimum atomic E-state index is -0.749. The van der Waals surface area contributed by atoms with Gasteiger partial charge in [0.05, 0.1) is 18.6 Å². The molecular weight excluding hydrogens is 294 g/mol. The molecule has 0 bridgehead atoms. The summed E-state index contributed by atoms with van der Waals surface area (Å²) in [6, 6.07) is 7.09. The summed E-state index contributed by atoms with van der Waals surface area (Å²) >= 11 is 0. The van der Waals surface area contributed by atoms with Gasteiger partial charge < -0.3 is 21.1 Å². The summed E-state index contributed by atoms with van der Waals surface area (Å²) in [7, 11) is 1.59. The van der Waals surface area contributed by atoms with Gasteiger partial charge in [-0.25, -0.2) is 0 Å². The Morgan fingerprint density at radius 3 is 2.43 bits per heavy atom. The van der Waals surface area contributed by atoms with Gasteiger partial charge in [0.2, 0.25) is 11.8 Å². The maximum Gasteiger partial charge on any atom is 0.244 e. The largest absolute Gasteiger partial charge is 0.493 e. The van der Waals surface area contributed by atoms with Gasteiger partial charge in [-0.05, 0) is 37.1 Å². The fourth-order valence-electron chi connectivity index (χ4n) is 2.69. The second-order valence-electron chi connectivity index (χ2n) is 5.97. The molecule has 4 N–H and O–H groups in total. The second kappa shape index (κ2) is 7.97. The molecule has 1 aliphatic carbocycles. The number of amides is 2. The van der Waals surface area contributed by atoms with E-state index in [0.29, 0.717) is 24.5 Å². The molecule has 0 radical (unpaired) electrons. The van der Waals surface area contributed by atoms with Crippen molar-refractivity contribution in [2.45, 2.75) is 44.1 Å². The van der Waals surface area contributed by atoms with Gasteiger partial charge in [-0.1, -0.05) is 19.3 Å². The van der Waals surface area contributed by atoms with Gasteiger partial charge in [0.15, 0.2) is 0 Å². The highest BCUT2D eigenvalue weighted by atomic mass is 16.5. The highest BCUT2D eigenvalue weighted by Crippen LogP contribution is 2.27. The molecule has 1 aromatic rings. The van der Waals surface area contributed by atoms with Gasteiger partial charge in [0.1, 0.15) is 5.75 Å². The maximum absolute atomic E-state index is 12.3. The van der Waals surface area contributed by atoms with Gasteiger partial charge in [-0.2, -0.15) is 0 Å². The molecule has 1 fully saturated rings. The van der Waals surface area contributed by atoms with E-state index in [9.17, 15) is 9.59 Å². The Morgan fingerprint density at radius 2 is 1.83 bits per heavy atom. The number of benzene rings is 1. The van der Waals surface area contributed by atoms with E-state index in [0.717, 1.165) is 32.1 Å². The van der Waals surface area contributed by atoms with Crippen molar-refractivity contribution in [1.82, 2.24) is 5.32 Å². The Kier molecular flexibility index (Phi) is 5.98. The minimum absolute atomic E-state index is 0.0605. The summed E-state index contributed by atoms with van der Waals surface area (Å²) in [5.41, 5.74) is 6.16. The number of anilines is 1. The molecule has 6 heteroatoms. The Bertz CT molecular complexity index is 537. The number of nitrogens with one attached hydrogen (secondary N) is 2. The molecular formula is C17H25N3O3. The molecule has 126 valence electrons. The summed E-state index contributed by atoms with van der Waals surface area (Å²) in [5, 5.41) is 5.42. The molecule has 1 aliphatic rings. The molecule has 2 rings (SSSR count). The normalized spacial score (nSPS) is 16.4. The van der Waals surface area contributed by atoms with Crippen molar-refractivity contribution >= 4 is 17.5 Å².